The predicted octanol–water partition coefficient (Wildman–Crippen LogP) is 4.95. The first kappa shape index (κ1) is 15.1. The molecule has 0 heterocycles. The maximum atomic E-state index is 12.9. The molecule has 0 spiro atoms. The van der Waals surface area contributed by atoms with Crippen molar-refractivity contribution in [3.8, 4) is 0 Å². The van der Waals surface area contributed by atoms with Gasteiger partial charge in [-0.2, -0.15) is 13.2 Å². The maximum Gasteiger partial charge on any atom is 0.416 e. The lowest BCUT2D eigenvalue weighted by atomic mass is 9.99. The molecule has 1 fully saturated rings. The van der Waals surface area contributed by atoms with Gasteiger partial charge in [-0.3, -0.25) is 0 Å². The van der Waals surface area contributed by atoms with E-state index in [-0.39, 0.29) is 6.04 Å². The fraction of sp³-hybridized carbons (Fsp3) is 0.333. The Morgan fingerprint density at radius 1 is 1.00 bits per heavy atom. The van der Waals surface area contributed by atoms with Crippen LogP contribution in [0.1, 0.15) is 35.6 Å². The van der Waals surface area contributed by atoms with Crippen LogP contribution in [0.4, 0.5) is 13.2 Å². The molecular weight excluding hydrogens is 287 g/mol. The summed E-state index contributed by atoms with van der Waals surface area (Å²) in [7, 11) is 0. The van der Waals surface area contributed by atoms with E-state index in [0.29, 0.717) is 12.5 Å². The Bertz CT molecular complexity index is 618. The van der Waals surface area contributed by atoms with Gasteiger partial charge in [0.05, 0.1) is 5.56 Å². The minimum Gasteiger partial charge on any atom is -0.306 e. The Morgan fingerprint density at radius 3 is 2.36 bits per heavy atom. The minimum absolute atomic E-state index is 0.0116. The lowest BCUT2D eigenvalue weighted by Crippen LogP contribution is -2.23. The van der Waals surface area contributed by atoms with Gasteiger partial charge in [0.1, 0.15) is 0 Å². The molecule has 3 rings (SSSR count). The minimum atomic E-state index is -4.29. The second kappa shape index (κ2) is 6.13. The summed E-state index contributed by atoms with van der Waals surface area (Å²) in [5.74, 6) is 0.437. The Balaban J connectivity index is 1.77. The smallest absolute Gasteiger partial charge is 0.306 e. The number of alkyl halides is 3. The first-order valence-electron chi connectivity index (χ1n) is 7.48. The largest absolute Gasteiger partial charge is 0.416 e. The van der Waals surface area contributed by atoms with E-state index in [9.17, 15) is 13.2 Å². The summed E-state index contributed by atoms with van der Waals surface area (Å²) in [5, 5.41) is 3.43. The van der Waals surface area contributed by atoms with Crippen LogP contribution in [0.2, 0.25) is 0 Å². The van der Waals surface area contributed by atoms with Gasteiger partial charge < -0.3 is 5.32 Å². The van der Waals surface area contributed by atoms with Crippen LogP contribution in [0.25, 0.3) is 0 Å². The van der Waals surface area contributed by atoms with Crippen LogP contribution in [0, 0.1) is 5.92 Å². The third-order valence-electron chi connectivity index (χ3n) is 4.04. The van der Waals surface area contributed by atoms with Crippen LogP contribution in [-0.4, -0.2) is 0 Å². The quantitative estimate of drug-likeness (QED) is 0.824. The molecule has 4 heteroatoms. The summed E-state index contributed by atoms with van der Waals surface area (Å²) in [6.07, 6.45) is -2.14. The SMILES string of the molecule is FC(F)(F)c1cccc([C@@H](NCc2ccccc2)C2CC2)c1. The van der Waals surface area contributed by atoms with Crippen LogP contribution < -0.4 is 5.32 Å². The molecule has 2 aromatic rings. The molecule has 22 heavy (non-hydrogen) atoms. The molecule has 1 atom stereocenters. The Morgan fingerprint density at radius 2 is 1.73 bits per heavy atom. The second-order valence-electron chi connectivity index (χ2n) is 5.80. The number of benzene rings is 2. The van der Waals surface area contributed by atoms with E-state index in [1.54, 1.807) is 6.07 Å². The molecule has 0 bridgehead atoms. The van der Waals surface area contributed by atoms with Crippen LogP contribution in [0.3, 0.4) is 0 Å². The fourth-order valence-corrected chi connectivity index (χ4v) is 2.72. The number of hydrogen-bond acceptors (Lipinski definition) is 1. The van der Waals surface area contributed by atoms with Gasteiger partial charge in [-0.25, -0.2) is 0 Å². The van der Waals surface area contributed by atoms with Crippen LogP contribution >= 0.6 is 0 Å². The maximum absolute atomic E-state index is 12.9. The molecule has 0 saturated heterocycles. The van der Waals surface area contributed by atoms with Gasteiger partial charge in [0.25, 0.3) is 0 Å². The normalized spacial score (nSPS) is 16.5. The number of halogens is 3. The third kappa shape index (κ3) is 3.69. The lowest BCUT2D eigenvalue weighted by Gasteiger charge is -2.20. The van der Waals surface area contributed by atoms with Crippen LogP contribution in [0.15, 0.2) is 54.6 Å². The Labute approximate surface area is 128 Å². The summed E-state index contributed by atoms with van der Waals surface area (Å²) in [6.45, 7) is 0.665. The van der Waals surface area contributed by atoms with Gasteiger partial charge in [0, 0.05) is 12.6 Å². The zero-order valence-electron chi connectivity index (χ0n) is 12.1. The van der Waals surface area contributed by atoms with Crippen molar-refractivity contribution in [1.82, 2.24) is 5.32 Å². The monoisotopic (exact) mass is 305 g/mol. The topological polar surface area (TPSA) is 12.0 Å². The van der Waals surface area contributed by atoms with Gasteiger partial charge in [-0.15, -0.1) is 0 Å². The molecule has 0 aliphatic heterocycles. The molecule has 0 aromatic heterocycles. The van der Waals surface area contributed by atoms with Gasteiger partial charge in [0.15, 0.2) is 0 Å². The van der Waals surface area contributed by atoms with E-state index in [0.717, 1.165) is 30.0 Å². The standard InChI is InChI=1S/C18H18F3N/c19-18(20,21)16-8-4-7-15(11-16)17(14-9-10-14)22-12-13-5-2-1-3-6-13/h1-8,11,14,17,22H,9-10,12H2/t17-/m0/s1. The van der Waals surface area contributed by atoms with Crippen molar-refractivity contribution >= 4 is 0 Å². The number of hydrogen-bond donors (Lipinski definition) is 1. The number of rotatable bonds is 5. The highest BCUT2D eigenvalue weighted by Gasteiger charge is 2.35. The molecule has 1 aliphatic rings. The van der Waals surface area contributed by atoms with E-state index in [4.69, 9.17) is 0 Å². The molecular formula is C18H18F3N. The first-order chi connectivity index (χ1) is 10.5. The van der Waals surface area contributed by atoms with Gasteiger partial charge in [0.2, 0.25) is 0 Å². The zero-order valence-corrected chi connectivity index (χ0v) is 12.1. The summed E-state index contributed by atoms with van der Waals surface area (Å²) in [4.78, 5) is 0. The van der Waals surface area contributed by atoms with Crippen molar-refractivity contribution in [2.24, 2.45) is 5.92 Å². The van der Waals surface area contributed by atoms with Crippen LogP contribution in [-0.2, 0) is 12.7 Å². The summed E-state index contributed by atoms with van der Waals surface area (Å²) >= 11 is 0. The molecule has 1 aliphatic carbocycles. The molecule has 2 aromatic carbocycles. The fourth-order valence-electron chi connectivity index (χ4n) is 2.72. The van der Waals surface area contributed by atoms with E-state index < -0.39 is 11.7 Å². The van der Waals surface area contributed by atoms with Crippen molar-refractivity contribution in [1.29, 1.82) is 0 Å². The number of nitrogens with one attached hydrogen (secondary N) is 1. The molecule has 1 saturated carbocycles. The highest BCUT2D eigenvalue weighted by Crippen LogP contribution is 2.42. The van der Waals surface area contributed by atoms with Crippen molar-refractivity contribution < 1.29 is 13.2 Å². The van der Waals surface area contributed by atoms with Crippen LogP contribution in [0.5, 0.6) is 0 Å². The Hall–Kier alpha value is -1.81. The van der Waals surface area contributed by atoms with Gasteiger partial charge in [-0.1, -0.05) is 42.5 Å². The van der Waals surface area contributed by atoms with Gasteiger partial charge in [-0.05, 0) is 42.0 Å². The van der Waals surface area contributed by atoms with Crippen molar-refractivity contribution in [3.05, 3.63) is 71.3 Å². The highest BCUT2D eigenvalue weighted by atomic mass is 19.4. The molecule has 0 unspecified atom stereocenters. The highest BCUT2D eigenvalue weighted by molar-refractivity contribution is 5.29. The molecule has 1 nitrogen and oxygen atoms in total. The molecule has 0 radical (unpaired) electrons. The van der Waals surface area contributed by atoms with E-state index in [1.165, 1.54) is 12.1 Å². The van der Waals surface area contributed by atoms with E-state index in [2.05, 4.69) is 5.32 Å². The predicted molar refractivity (Wildman–Crippen MR) is 80.2 cm³/mol. The summed E-state index contributed by atoms with van der Waals surface area (Å²) in [5.41, 5.74) is 1.30. The van der Waals surface area contributed by atoms with Crippen molar-refractivity contribution in [3.63, 3.8) is 0 Å². The molecule has 0 amide bonds. The third-order valence-corrected chi connectivity index (χ3v) is 4.04. The van der Waals surface area contributed by atoms with Crippen molar-refractivity contribution in [2.45, 2.75) is 31.6 Å². The second-order valence-corrected chi connectivity index (χ2v) is 5.80. The van der Waals surface area contributed by atoms with Gasteiger partial charge >= 0.3 is 6.18 Å². The summed E-state index contributed by atoms with van der Waals surface area (Å²) < 4.78 is 38.6. The molecule has 1 N–H and O–H groups in total. The first-order valence-corrected chi connectivity index (χ1v) is 7.48. The molecule has 116 valence electrons. The summed E-state index contributed by atoms with van der Waals surface area (Å²) in [6, 6.07) is 15.6. The lowest BCUT2D eigenvalue weighted by molar-refractivity contribution is -0.137. The average Bonchev–Trinajstić information content (AvgIpc) is 3.33. The van der Waals surface area contributed by atoms with Crippen molar-refractivity contribution in [2.75, 3.05) is 0 Å². The van der Waals surface area contributed by atoms with E-state index >= 15 is 0 Å². The zero-order chi connectivity index (χ0) is 15.6. The average molecular weight is 305 g/mol. The van der Waals surface area contributed by atoms with E-state index in [1.807, 2.05) is 30.3 Å². The Kier molecular flexibility index (Phi) is 4.21.